The number of amidine groups is 1. The maximum absolute atomic E-state index is 12.0. The van der Waals surface area contributed by atoms with E-state index in [9.17, 15) is 4.79 Å². The maximum Gasteiger partial charge on any atom is 0.346 e. The normalized spacial score (nSPS) is 19.2. The summed E-state index contributed by atoms with van der Waals surface area (Å²) >= 11 is 0. The standard InChI is InChI=1S/C15H21N3O/c1-9(2)8-18-13(14(16)17-15(18)19)12-10(3)6-5-7-11(12)4/h5-7,9,13H,8H2,1-4H3,(H2,16,17,19). The minimum Gasteiger partial charge on any atom is -0.385 e. The van der Waals surface area contributed by atoms with Gasteiger partial charge in [-0.2, -0.15) is 4.99 Å². The number of carbonyl (C=O) groups excluding carboxylic acids is 1. The Morgan fingerprint density at radius 3 is 2.42 bits per heavy atom. The Labute approximate surface area is 114 Å². The maximum atomic E-state index is 12.0. The molecule has 1 atom stereocenters. The van der Waals surface area contributed by atoms with Crippen molar-refractivity contribution < 1.29 is 4.79 Å². The molecule has 1 unspecified atom stereocenters. The molecule has 2 rings (SSSR count). The monoisotopic (exact) mass is 259 g/mol. The van der Waals surface area contributed by atoms with Crippen molar-refractivity contribution in [1.29, 1.82) is 0 Å². The largest absolute Gasteiger partial charge is 0.385 e. The molecule has 2 N–H and O–H groups in total. The highest BCUT2D eigenvalue weighted by molar-refractivity contribution is 6.03. The Hall–Kier alpha value is -1.84. The molecule has 0 saturated heterocycles. The van der Waals surface area contributed by atoms with Gasteiger partial charge in [0.05, 0.1) is 0 Å². The lowest BCUT2D eigenvalue weighted by atomic mass is 9.94. The molecule has 1 aliphatic rings. The van der Waals surface area contributed by atoms with Gasteiger partial charge in [-0.25, -0.2) is 4.79 Å². The van der Waals surface area contributed by atoms with E-state index in [-0.39, 0.29) is 12.1 Å². The minimum atomic E-state index is -0.223. The van der Waals surface area contributed by atoms with Crippen molar-refractivity contribution in [2.24, 2.45) is 16.6 Å². The third kappa shape index (κ3) is 2.48. The number of benzene rings is 1. The molecule has 1 heterocycles. The molecule has 1 aromatic rings. The van der Waals surface area contributed by atoms with Crippen LogP contribution in [0.25, 0.3) is 0 Å². The summed E-state index contributed by atoms with van der Waals surface area (Å²) in [7, 11) is 0. The van der Waals surface area contributed by atoms with Crippen LogP contribution in [0.2, 0.25) is 0 Å². The zero-order chi connectivity index (χ0) is 14.2. The number of carbonyl (C=O) groups is 1. The molecule has 0 fully saturated rings. The Balaban J connectivity index is 2.46. The number of nitrogens with zero attached hydrogens (tertiary/aromatic N) is 2. The Morgan fingerprint density at radius 2 is 1.89 bits per heavy atom. The summed E-state index contributed by atoms with van der Waals surface area (Å²) in [6.45, 7) is 8.94. The van der Waals surface area contributed by atoms with Crippen LogP contribution in [0.5, 0.6) is 0 Å². The molecule has 2 amide bonds. The molecule has 0 bridgehead atoms. The summed E-state index contributed by atoms with van der Waals surface area (Å²) in [5, 5.41) is 0. The second-order valence-electron chi connectivity index (χ2n) is 5.57. The van der Waals surface area contributed by atoms with Gasteiger partial charge in [0.25, 0.3) is 0 Å². The number of aryl methyl sites for hydroxylation is 2. The van der Waals surface area contributed by atoms with Crippen molar-refractivity contribution in [3.63, 3.8) is 0 Å². The van der Waals surface area contributed by atoms with Crippen molar-refractivity contribution in [1.82, 2.24) is 4.90 Å². The first kappa shape index (κ1) is 13.6. The highest BCUT2D eigenvalue weighted by Gasteiger charge is 2.36. The van der Waals surface area contributed by atoms with Gasteiger partial charge in [-0.15, -0.1) is 0 Å². The SMILES string of the molecule is Cc1cccc(C)c1C1C(N)=NC(=O)N1CC(C)C. The highest BCUT2D eigenvalue weighted by Crippen LogP contribution is 2.31. The lowest BCUT2D eigenvalue weighted by Gasteiger charge is -2.28. The summed E-state index contributed by atoms with van der Waals surface area (Å²) < 4.78 is 0. The van der Waals surface area contributed by atoms with E-state index < -0.39 is 0 Å². The molecule has 4 nitrogen and oxygen atoms in total. The van der Waals surface area contributed by atoms with Gasteiger partial charge in [0.15, 0.2) is 0 Å². The van der Waals surface area contributed by atoms with Gasteiger partial charge in [0.2, 0.25) is 0 Å². The number of aliphatic imine (C=N–C) groups is 1. The fourth-order valence-electron chi connectivity index (χ4n) is 2.65. The fraction of sp³-hybridized carbons (Fsp3) is 0.467. The molecule has 0 aliphatic carbocycles. The first-order chi connectivity index (χ1) is 8.91. The van der Waals surface area contributed by atoms with Gasteiger partial charge in [0.1, 0.15) is 11.9 Å². The van der Waals surface area contributed by atoms with Crippen LogP contribution in [0.4, 0.5) is 4.79 Å². The molecular weight excluding hydrogens is 238 g/mol. The molecule has 0 aromatic heterocycles. The fourth-order valence-corrected chi connectivity index (χ4v) is 2.65. The second kappa shape index (κ2) is 5.03. The smallest absolute Gasteiger partial charge is 0.346 e. The van der Waals surface area contributed by atoms with Crippen molar-refractivity contribution in [3.8, 4) is 0 Å². The lowest BCUT2D eigenvalue weighted by Crippen LogP contribution is -2.36. The first-order valence-corrected chi connectivity index (χ1v) is 6.62. The summed E-state index contributed by atoms with van der Waals surface area (Å²) in [4.78, 5) is 17.7. The number of hydrogen-bond acceptors (Lipinski definition) is 2. The van der Waals surface area contributed by atoms with Crippen molar-refractivity contribution in [2.45, 2.75) is 33.7 Å². The van der Waals surface area contributed by atoms with Gasteiger partial charge in [0, 0.05) is 6.54 Å². The van der Waals surface area contributed by atoms with Crippen LogP contribution in [-0.4, -0.2) is 23.3 Å². The quantitative estimate of drug-likeness (QED) is 0.907. The van der Waals surface area contributed by atoms with Gasteiger partial charge in [-0.05, 0) is 36.5 Å². The third-order valence-electron chi connectivity index (χ3n) is 3.44. The number of nitrogens with two attached hydrogens (primary N) is 1. The van der Waals surface area contributed by atoms with Crippen molar-refractivity contribution in [2.75, 3.05) is 6.54 Å². The molecule has 0 spiro atoms. The van der Waals surface area contributed by atoms with Gasteiger partial charge >= 0.3 is 6.03 Å². The number of urea groups is 1. The lowest BCUT2D eigenvalue weighted by molar-refractivity contribution is 0.198. The summed E-state index contributed by atoms with van der Waals surface area (Å²) in [6, 6.07) is 5.68. The van der Waals surface area contributed by atoms with E-state index in [0.29, 0.717) is 18.3 Å². The van der Waals surface area contributed by atoms with Crippen LogP contribution in [0, 0.1) is 19.8 Å². The Morgan fingerprint density at radius 1 is 1.32 bits per heavy atom. The van der Waals surface area contributed by atoms with E-state index in [1.807, 2.05) is 32.0 Å². The predicted molar refractivity (Wildman–Crippen MR) is 77.2 cm³/mol. The second-order valence-corrected chi connectivity index (χ2v) is 5.57. The van der Waals surface area contributed by atoms with Crippen molar-refractivity contribution in [3.05, 3.63) is 34.9 Å². The number of amides is 2. The van der Waals surface area contributed by atoms with E-state index in [0.717, 1.165) is 16.7 Å². The van der Waals surface area contributed by atoms with E-state index >= 15 is 0 Å². The Bertz CT molecular complexity index is 514. The average molecular weight is 259 g/mol. The summed E-state index contributed by atoms with van der Waals surface area (Å²) in [5.74, 6) is 0.792. The van der Waals surface area contributed by atoms with Crippen LogP contribution >= 0.6 is 0 Å². The van der Waals surface area contributed by atoms with Crippen LogP contribution in [0.3, 0.4) is 0 Å². The molecule has 19 heavy (non-hydrogen) atoms. The topological polar surface area (TPSA) is 58.7 Å². The number of hydrogen-bond donors (Lipinski definition) is 1. The first-order valence-electron chi connectivity index (χ1n) is 6.62. The molecule has 1 aliphatic heterocycles. The van der Waals surface area contributed by atoms with E-state index in [2.05, 4.69) is 18.8 Å². The van der Waals surface area contributed by atoms with Crippen LogP contribution in [0.1, 0.15) is 36.6 Å². The van der Waals surface area contributed by atoms with Gasteiger partial charge in [-0.3, -0.25) is 0 Å². The molecule has 102 valence electrons. The third-order valence-corrected chi connectivity index (χ3v) is 3.44. The molecule has 4 heteroatoms. The molecule has 0 saturated carbocycles. The van der Waals surface area contributed by atoms with Gasteiger partial charge in [-0.1, -0.05) is 32.0 Å². The minimum absolute atomic E-state index is 0.212. The zero-order valence-corrected chi connectivity index (χ0v) is 12.0. The zero-order valence-electron chi connectivity index (χ0n) is 12.0. The van der Waals surface area contributed by atoms with Gasteiger partial charge < -0.3 is 10.6 Å². The van der Waals surface area contributed by atoms with E-state index in [4.69, 9.17) is 5.73 Å². The van der Waals surface area contributed by atoms with Crippen molar-refractivity contribution >= 4 is 11.9 Å². The van der Waals surface area contributed by atoms with E-state index in [1.54, 1.807) is 4.90 Å². The molecular formula is C15H21N3O. The van der Waals surface area contributed by atoms with Crippen LogP contribution in [-0.2, 0) is 0 Å². The molecule has 0 radical (unpaired) electrons. The van der Waals surface area contributed by atoms with Crippen LogP contribution < -0.4 is 5.73 Å². The number of rotatable bonds is 3. The predicted octanol–water partition coefficient (Wildman–Crippen LogP) is 2.79. The van der Waals surface area contributed by atoms with Crippen LogP contribution in [0.15, 0.2) is 23.2 Å². The highest BCUT2D eigenvalue weighted by atomic mass is 16.2. The summed E-state index contributed by atoms with van der Waals surface area (Å²) in [6.07, 6.45) is 0. The molecule has 1 aromatic carbocycles. The van der Waals surface area contributed by atoms with E-state index in [1.165, 1.54) is 0 Å². The average Bonchev–Trinajstić information content (AvgIpc) is 2.55. The summed E-state index contributed by atoms with van der Waals surface area (Å²) in [5.41, 5.74) is 9.39. The Kier molecular flexibility index (Phi) is 3.60.